The first-order chi connectivity index (χ1) is 15.0. The van der Waals surface area contributed by atoms with E-state index in [0.717, 1.165) is 52.4 Å². The van der Waals surface area contributed by atoms with E-state index in [2.05, 4.69) is 37.3 Å². The van der Waals surface area contributed by atoms with Crippen LogP contribution in [0.4, 0.5) is 0 Å². The van der Waals surface area contributed by atoms with Gasteiger partial charge in [-0.3, -0.25) is 4.79 Å². The summed E-state index contributed by atoms with van der Waals surface area (Å²) in [5, 5.41) is 19.5. The van der Waals surface area contributed by atoms with E-state index in [0.29, 0.717) is 17.3 Å². The number of hydrogen-bond donors (Lipinski definition) is 0. The van der Waals surface area contributed by atoms with Gasteiger partial charge in [0, 0.05) is 16.9 Å². The van der Waals surface area contributed by atoms with Crippen LogP contribution in [0.3, 0.4) is 0 Å². The number of likely N-dealkylation sites (tertiary alicyclic amines) is 1. The van der Waals surface area contributed by atoms with Crippen LogP contribution in [-0.2, 0) is 6.42 Å². The molecule has 1 aliphatic heterocycles. The Morgan fingerprint density at radius 2 is 2.00 bits per heavy atom. The number of carbonyl (C=O) groups excluding carboxylic acids is 1. The van der Waals surface area contributed by atoms with Crippen LogP contribution >= 0.6 is 11.3 Å². The summed E-state index contributed by atoms with van der Waals surface area (Å²) in [6.07, 6.45) is 3.60. The van der Waals surface area contributed by atoms with E-state index in [1.807, 2.05) is 31.2 Å². The molecule has 1 aromatic carbocycles. The molecule has 0 N–H and O–H groups in total. The zero-order valence-electron chi connectivity index (χ0n) is 17.4. The van der Waals surface area contributed by atoms with Crippen LogP contribution in [0.25, 0.3) is 21.5 Å². The van der Waals surface area contributed by atoms with Crippen LogP contribution in [0, 0.1) is 6.92 Å². The topological polar surface area (TPSA) is 97.9 Å². The highest BCUT2D eigenvalue weighted by Gasteiger charge is 2.24. The quantitative estimate of drug-likeness (QED) is 0.439. The van der Waals surface area contributed by atoms with Gasteiger partial charge < -0.3 is 9.32 Å². The Morgan fingerprint density at radius 1 is 1.16 bits per heavy atom. The average molecular weight is 435 g/mol. The van der Waals surface area contributed by atoms with Crippen molar-refractivity contribution in [1.82, 2.24) is 30.3 Å². The van der Waals surface area contributed by atoms with Gasteiger partial charge in [0.15, 0.2) is 11.7 Å². The molecule has 1 saturated heterocycles. The summed E-state index contributed by atoms with van der Waals surface area (Å²) >= 11 is 1.54. The molecule has 158 valence electrons. The number of aromatic nitrogens is 5. The van der Waals surface area contributed by atoms with Crippen molar-refractivity contribution in [2.45, 2.75) is 32.1 Å². The van der Waals surface area contributed by atoms with Gasteiger partial charge >= 0.3 is 0 Å². The Balaban J connectivity index is 1.33. The maximum Gasteiger partial charge on any atom is 0.197 e. The number of aryl methyl sites for hydroxylation is 1. The van der Waals surface area contributed by atoms with E-state index in [1.165, 1.54) is 6.26 Å². The molecule has 1 fully saturated rings. The summed E-state index contributed by atoms with van der Waals surface area (Å²) in [5.74, 6) is 0.825. The van der Waals surface area contributed by atoms with Gasteiger partial charge in [0.05, 0.1) is 17.6 Å². The van der Waals surface area contributed by atoms with Gasteiger partial charge in [-0.1, -0.05) is 11.3 Å². The molecule has 31 heavy (non-hydrogen) atoms. The van der Waals surface area contributed by atoms with Crippen molar-refractivity contribution in [3.63, 3.8) is 0 Å². The minimum Gasteiger partial charge on any atom is -0.448 e. The molecule has 9 heteroatoms. The summed E-state index contributed by atoms with van der Waals surface area (Å²) in [5.41, 5.74) is 2.70. The first-order valence-corrected chi connectivity index (χ1v) is 11.1. The van der Waals surface area contributed by atoms with Crippen molar-refractivity contribution in [1.29, 1.82) is 0 Å². The zero-order valence-corrected chi connectivity index (χ0v) is 18.2. The summed E-state index contributed by atoms with van der Waals surface area (Å²) in [4.78, 5) is 19.5. The first-order valence-electron chi connectivity index (χ1n) is 10.3. The lowest BCUT2D eigenvalue weighted by Crippen LogP contribution is -2.29. The summed E-state index contributed by atoms with van der Waals surface area (Å²) in [6, 6.07) is 7.77. The van der Waals surface area contributed by atoms with Gasteiger partial charge in [0.1, 0.15) is 22.0 Å². The molecule has 8 nitrogen and oxygen atoms in total. The van der Waals surface area contributed by atoms with Gasteiger partial charge in [-0.25, -0.2) is 4.98 Å². The summed E-state index contributed by atoms with van der Waals surface area (Å²) in [7, 11) is 2.11. The third-order valence-electron chi connectivity index (χ3n) is 5.63. The van der Waals surface area contributed by atoms with Crippen LogP contribution in [0.2, 0.25) is 0 Å². The van der Waals surface area contributed by atoms with Crippen molar-refractivity contribution in [2.75, 3.05) is 20.1 Å². The Hall–Kier alpha value is -3.04. The number of benzene rings is 1. The second kappa shape index (κ2) is 8.24. The zero-order chi connectivity index (χ0) is 21.4. The highest BCUT2D eigenvalue weighted by Crippen LogP contribution is 2.28. The molecule has 0 atom stereocenters. The van der Waals surface area contributed by atoms with E-state index in [9.17, 15) is 4.79 Å². The standard InChI is InChI=1S/C22H22N6O2S/c1-13-24-27-22(31-13)15-3-4-18-16(9-15)10-17(25-26-18)11-20(29)19-12-30-21(23-19)14-5-7-28(2)8-6-14/h3-4,9-10,12,14H,5-8,11H2,1-2H3. The first kappa shape index (κ1) is 19.9. The third kappa shape index (κ3) is 4.24. The van der Waals surface area contributed by atoms with E-state index < -0.39 is 0 Å². The number of fused-ring (bicyclic) bond motifs is 1. The van der Waals surface area contributed by atoms with Crippen LogP contribution in [0.5, 0.6) is 0 Å². The van der Waals surface area contributed by atoms with E-state index in [-0.39, 0.29) is 18.1 Å². The van der Waals surface area contributed by atoms with Crippen molar-refractivity contribution >= 4 is 28.0 Å². The minimum absolute atomic E-state index is 0.118. The monoisotopic (exact) mass is 434 g/mol. The highest BCUT2D eigenvalue weighted by atomic mass is 32.1. The van der Waals surface area contributed by atoms with Gasteiger partial charge in [-0.05, 0) is 64.2 Å². The van der Waals surface area contributed by atoms with Crippen LogP contribution < -0.4 is 0 Å². The van der Waals surface area contributed by atoms with Gasteiger partial charge in [-0.2, -0.15) is 10.2 Å². The van der Waals surface area contributed by atoms with Crippen molar-refractivity contribution in [2.24, 2.45) is 0 Å². The lowest BCUT2D eigenvalue weighted by molar-refractivity contribution is 0.0987. The van der Waals surface area contributed by atoms with Gasteiger partial charge in [0.2, 0.25) is 0 Å². The Morgan fingerprint density at radius 3 is 2.77 bits per heavy atom. The normalized spacial score (nSPS) is 15.5. The predicted molar refractivity (Wildman–Crippen MR) is 117 cm³/mol. The van der Waals surface area contributed by atoms with Gasteiger partial charge in [0.25, 0.3) is 0 Å². The fourth-order valence-electron chi connectivity index (χ4n) is 3.83. The molecular weight excluding hydrogens is 412 g/mol. The lowest BCUT2D eigenvalue weighted by atomic mass is 9.97. The second-order valence-electron chi connectivity index (χ2n) is 7.98. The molecule has 4 heterocycles. The second-order valence-corrected chi connectivity index (χ2v) is 9.17. The maximum atomic E-state index is 12.8. The number of ketones is 1. The molecule has 3 aromatic heterocycles. The molecule has 1 aliphatic rings. The molecule has 0 aliphatic carbocycles. The predicted octanol–water partition coefficient (Wildman–Crippen LogP) is 3.68. The number of piperidine rings is 1. The molecule has 5 rings (SSSR count). The molecule has 4 aromatic rings. The Kier molecular flexibility index (Phi) is 5.29. The highest BCUT2D eigenvalue weighted by molar-refractivity contribution is 7.14. The molecular formula is C22H22N6O2S. The number of oxazole rings is 1. The number of hydrogen-bond acceptors (Lipinski definition) is 9. The summed E-state index contributed by atoms with van der Waals surface area (Å²) in [6.45, 7) is 3.96. The van der Waals surface area contributed by atoms with E-state index >= 15 is 0 Å². The largest absolute Gasteiger partial charge is 0.448 e. The fourth-order valence-corrected chi connectivity index (χ4v) is 4.52. The number of nitrogens with zero attached hydrogens (tertiary/aromatic N) is 6. The van der Waals surface area contributed by atoms with E-state index in [4.69, 9.17) is 4.42 Å². The molecule has 0 amide bonds. The lowest BCUT2D eigenvalue weighted by Gasteiger charge is -2.26. The van der Waals surface area contributed by atoms with Crippen LogP contribution in [0.1, 0.15) is 45.8 Å². The number of carbonyl (C=O) groups is 1. The minimum atomic E-state index is -0.118. The number of Topliss-reactive ketones (excluding diaryl/α,β-unsaturated/α-hetero) is 1. The van der Waals surface area contributed by atoms with Crippen molar-refractivity contribution in [3.05, 3.63) is 52.8 Å². The van der Waals surface area contributed by atoms with Crippen molar-refractivity contribution in [3.8, 4) is 10.6 Å². The van der Waals surface area contributed by atoms with Crippen molar-refractivity contribution < 1.29 is 9.21 Å². The molecule has 0 radical (unpaired) electrons. The fraction of sp³-hybridized carbons (Fsp3) is 0.364. The maximum absolute atomic E-state index is 12.8. The third-order valence-corrected chi connectivity index (χ3v) is 6.51. The molecule has 0 bridgehead atoms. The molecule has 0 unspecified atom stereocenters. The average Bonchev–Trinajstić information content (AvgIpc) is 3.43. The summed E-state index contributed by atoms with van der Waals surface area (Å²) < 4.78 is 5.64. The molecule has 0 saturated carbocycles. The number of rotatable bonds is 5. The Bertz CT molecular complexity index is 1240. The SMILES string of the molecule is Cc1nnc(-c2ccc3nnc(CC(=O)c4coc(C5CCN(C)CC5)n4)cc3c2)s1. The van der Waals surface area contributed by atoms with E-state index in [1.54, 1.807) is 11.3 Å². The molecule has 0 spiro atoms. The Labute approximate surface area is 183 Å². The van der Waals surface area contributed by atoms with Crippen LogP contribution in [0.15, 0.2) is 34.9 Å². The van der Waals surface area contributed by atoms with Gasteiger partial charge in [-0.15, -0.1) is 10.2 Å². The van der Waals surface area contributed by atoms with Crippen LogP contribution in [-0.4, -0.2) is 56.2 Å². The smallest absolute Gasteiger partial charge is 0.197 e.